The third kappa shape index (κ3) is 5.94. The van der Waals surface area contributed by atoms with E-state index in [4.69, 9.17) is 25.4 Å². The van der Waals surface area contributed by atoms with E-state index in [0.717, 1.165) is 10.6 Å². The molecule has 0 aliphatic heterocycles. The summed E-state index contributed by atoms with van der Waals surface area (Å²) >= 11 is 0. The van der Waals surface area contributed by atoms with Crippen LogP contribution in [0.5, 0.6) is 17.2 Å². The highest BCUT2D eigenvalue weighted by molar-refractivity contribution is 7.92. The van der Waals surface area contributed by atoms with Crippen molar-refractivity contribution in [1.29, 1.82) is 0 Å². The standard InChI is InChI=1S/C26H24FN3O8S/c1-35-22-13-19-21(14-20(22)30(12-11-28)39(2,33)34)37-24(23(19)25(31)38-26(29)32)15-3-7-17(8-4-15)36-18-9-5-16(27)6-10-18/h3-10,13-14H,11-12,28H2,1-2H3,(H2,29,32). The third-order valence-corrected chi connectivity index (χ3v) is 6.73. The van der Waals surface area contributed by atoms with E-state index in [1.807, 2.05) is 0 Å². The molecule has 0 saturated carbocycles. The number of benzene rings is 3. The number of methoxy groups -OCH3 is 1. The highest BCUT2D eigenvalue weighted by atomic mass is 32.2. The molecule has 0 radical (unpaired) electrons. The lowest BCUT2D eigenvalue weighted by Crippen LogP contribution is -2.34. The Hall–Kier alpha value is -4.62. The maximum atomic E-state index is 13.2. The first-order chi connectivity index (χ1) is 18.5. The number of halogens is 1. The van der Waals surface area contributed by atoms with Crippen LogP contribution in [-0.4, -0.2) is 46.9 Å². The first-order valence-electron chi connectivity index (χ1n) is 11.4. The van der Waals surface area contributed by atoms with Crippen LogP contribution in [-0.2, 0) is 14.8 Å². The molecule has 204 valence electrons. The molecule has 3 aromatic carbocycles. The van der Waals surface area contributed by atoms with Crippen LogP contribution in [0.4, 0.5) is 14.9 Å². The molecule has 0 fully saturated rings. The zero-order chi connectivity index (χ0) is 28.3. The second kappa shape index (κ2) is 11.0. The molecule has 1 aromatic heterocycles. The largest absolute Gasteiger partial charge is 0.495 e. The van der Waals surface area contributed by atoms with Gasteiger partial charge in [-0.3, -0.25) is 4.31 Å². The summed E-state index contributed by atoms with van der Waals surface area (Å²) in [5.74, 6) is -0.540. The molecule has 4 rings (SSSR count). The number of esters is 1. The second-order valence-electron chi connectivity index (χ2n) is 8.24. The van der Waals surface area contributed by atoms with Crippen molar-refractivity contribution in [1.82, 2.24) is 0 Å². The fourth-order valence-corrected chi connectivity index (χ4v) is 4.85. The Bertz CT molecular complexity index is 1630. The van der Waals surface area contributed by atoms with Gasteiger partial charge in [0.05, 0.1) is 19.1 Å². The number of anilines is 1. The topological polar surface area (TPSA) is 164 Å². The van der Waals surface area contributed by atoms with Gasteiger partial charge in [0, 0.05) is 30.1 Å². The Kier molecular flexibility index (Phi) is 7.74. The molecule has 1 heterocycles. The molecule has 0 aliphatic carbocycles. The van der Waals surface area contributed by atoms with Crippen LogP contribution in [0.25, 0.3) is 22.3 Å². The van der Waals surface area contributed by atoms with Gasteiger partial charge in [-0.1, -0.05) is 0 Å². The molecule has 0 atom stereocenters. The molecule has 1 amide bonds. The van der Waals surface area contributed by atoms with E-state index in [2.05, 4.69) is 4.74 Å². The van der Waals surface area contributed by atoms with Gasteiger partial charge < -0.3 is 30.1 Å². The van der Waals surface area contributed by atoms with E-state index < -0.39 is 27.9 Å². The number of fused-ring (bicyclic) bond motifs is 1. The quantitative estimate of drug-likeness (QED) is 0.229. The van der Waals surface area contributed by atoms with E-state index in [0.29, 0.717) is 17.1 Å². The van der Waals surface area contributed by atoms with E-state index >= 15 is 0 Å². The summed E-state index contributed by atoms with van der Waals surface area (Å²) < 4.78 is 60.9. The van der Waals surface area contributed by atoms with Crippen molar-refractivity contribution < 1.29 is 41.0 Å². The molecule has 0 saturated heterocycles. The van der Waals surface area contributed by atoms with Gasteiger partial charge >= 0.3 is 12.1 Å². The van der Waals surface area contributed by atoms with Crippen LogP contribution in [0.1, 0.15) is 10.4 Å². The van der Waals surface area contributed by atoms with E-state index in [1.54, 1.807) is 24.3 Å². The fourth-order valence-electron chi connectivity index (χ4n) is 3.91. The van der Waals surface area contributed by atoms with Gasteiger partial charge in [0.15, 0.2) is 0 Å². The van der Waals surface area contributed by atoms with Crippen molar-refractivity contribution in [3.8, 4) is 28.6 Å². The highest BCUT2D eigenvalue weighted by Crippen LogP contribution is 2.41. The SMILES string of the molecule is COc1cc2c(C(=O)OC(N)=O)c(-c3ccc(Oc4ccc(F)cc4)cc3)oc2cc1N(CCN)S(C)(=O)=O. The number of rotatable bonds is 9. The summed E-state index contributed by atoms with van der Waals surface area (Å²) in [5, 5.41) is 0.185. The lowest BCUT2D eigenvalue weighted by Gasteiger charge is -2.23. The van der Waals surface area contributed by atoms with Crippen molar-refractivity contribution in [3.63, 3.8) is 0 Å². The number of ether oxygens (including phenoxy) is 3. The van der Waals surface area contributed by atoms with Crippen molar-refractivity contribution in [3.05, 3.63) is 72.0 Å². The summed E-state index contributed by atoms with van der Waals surface area (Å²) in [5.41, 5.74) is 11.2. The van der Waals surface area contributed by atoms with Gasteiger partial charge in [-0.05, 0) is 54.6 Å². The van der Waals surface area contributed by atoms with Crippen LogP contribution in [0.15, 0.2) is 65.1 Å². The fraction of sp³-hybridized carbons (Fsp3) is 0.154. The van der Waals surface area contributed by atoms with Crippen LogP contribution >= 0.6 is 0 Å². The number of sulfonamides is 1. The number of nitrogens with two attached hydrogens (primary N) is 2. The molecule has 0 bridgehead atoms. The monoisotopic (exact) mass is 557 g/mol. The summed E-state index contributed by atoms with van der Waals surface area (Å²) in [6, 6.07) is 14.6. The van der Waals surface area contributed by atoms with Crippen LogP contribution in [0, 0.1) is 5.82 Å². The molecule has 4 N–H and O–H groups in total. The maximum Gasteiger partial charge on any atom is 0.412 e. The lowest BCUT2D eigenvalue weighted by molar-refractivity contribution is 0.0640. The molecule has 0 unspecified atom stereocenters. The van der Waals surface area contributed by atoms with Crippen molar-refractivity contribution in [2.45, 2.75) is 0 Å². The van der Waals surface area contributed by atoms with Crippen molar-refractivity contribution in [2.75, 3.05) is 30.8 Å². The average Bonchev–Trinajstić information content (AvgIpc) is 3.25. The Balaban J connectivity index is 1.84. The van der Waals surface area contributed by atoms with Gasteiger partial charge in [-0.25, -0.2) is 22.4 Å². The van der Waals surface area contributed by atoms with Crippen LogP contribution < -0.4 is 25.2 Å². The van der Waals surface area contributed by atoms with Gasteiger partial charge in [-0.2, -0.15) is 0 Å². The smallest absolute Gasteiger partial charge is 0.412 e. The van der Waals surface area contributed by atoms with E-state index in [9.17, 15) is 22.4 Å². The number of carbonyl (C=O) groups is 2. The molecule has 0 aliphatic rings. The Morgan fingerprint density at radius 3 is 2.18 bits per heavy atom. The Morgan fingerprint density at radius 2 is 1.64 bits per heavy atom. The molecule has 11 nitrogen and oxygen atoms in total. The maximum absolute atomic E-state index is 13.2. The normalized spacial score (nSPS) is 11.3. The third-order valence-electron chi connectivity index (χ3n) is 5.55. The molecule has 0 spiro atoms. The minimum atomic E-state index is -3.76. The number of primary amides is 1. The number of hydrogen-bond donors (Lipinski definition) is 2. The number of amides is 1. The summed E-state index contributed by atoms with van der Waals surface area (Å²) in [7, 11) is -2.43. The zero-order valence-electron chi connectivity index (χ0n) is 20.8. The molecule has 39 heavy (non-hydrogen) atoms. The Morgan fingerprint density at radius 1 is 1.03 bits per heavy atom. The molecule has 4 aromatic rings. The van der Waals surface area contributed by atoms with Gasteiger partial charge in [0.2, 0.25) is 10.0 Å². The average molecular weight is 558 g/mol. The van der Waals surface area contributed by atoms with Crippen LogP contribution in [0.2, 0.25) is 0 Å². The minimum absolute atomic E-state index is 0.0218. The minimum Gasteiger partial charge on any atom is -0.495 e. The lowest BCUT2D eigenvalue weighted by atomic mass is 10.0. The predicted molar refractivity (Wildman–Crippen MR) is 141 cm³/mol. The number of carbonyl (C=O) groups excluding carboxylic acids is 2. The summed E-state index contributed by atoms with van der Waals surface area (Å²) in [6.45, 7) is -0.0133. The predicted octanol–water partition coefficient (Wildman–Crippen LogP) is 4.00. The summed E-state index contributed by atoms with van der Waals surface area (Å²) in [6.07, 6.45) is -0.302. The van der Waals surface area contributed by atoms with Crippen molar-refractivity contribution >= 4 is 38.7 Å². The number of nitrogens with zero attached hydrogens (tertiary/aromatic N) is 1. The first kappa shape index (κ1) is 27.4. The summed E-state index contributed by atoms with van der Waals surface area (Å²) in [4.78, 5) is 24.3. The van der Waals surface area contributed by atoms with Gasteiger partial charge in [0.25, 0.3) is 0 Å². The van der Waals surface area contributed by atoms with Crippen LogP contribution in [0.3, 0.4) is 0 Å². The molecule has 13 heteroatoms. The highest BCUT2D eigenvalue weighted by Gasteiger charge is 2.29. The van der Waals surface area contributed by atoms with E-state index in [-0.39, 0.29) is 46.8 Å². The molecular formula is C26H24FN3O8S. The second-order valence-corrected chi connectivity index (χ2v) is 10.1. The zero-order valence-corrected chi connectivity index (χ0v) is 21.7. The molecular weight excluding hydrogens is 533 g/mol. The van der Waals surface area contributed by atoms with E-state index in [1.165, 1.54) is 43.5 Å². The number of hydrogen-bond acceptors (Lipinski definition) is 9. The first-order valence-corrected chi connectivity index (χ1v) is 13.2. The number of furan rings is 1. The van der Waals surface area contributed by atoms with Crippen molar-refractivity contribution in [2.24, 2.45) is 11.5 Å². The Labute approximate surface area is 222 Å². The van der Waals surface area contributed by atoms with Gasteiger partial charge in [0.1, 0.15) is 40.0 Å². The van der Waals surface area contributed by atoms with Gasteiger partial charge in [-0.15, -0.1) is 0 Å².